The molecule has 4 nitrogen and oxygen atoms in total. The van der Waals surface area contributed by atoms with Crippen LogP contribution in [0.3, 0.4) is 0 Å². The highest BCUT2D eigenvalue weighted by molar-refractivity contribution is 5.94. The lowest BCUT2D eigenvalue weighted by atomic mass is 10.1. The average molecular weight is 263 g/mol. The fraction of sp³-hybridized carbons (Fsp3) is 0.533. The number of aliphatic hydroxyl groups is 1. The van der Waals surface area contributed by atoms with Crippen molar-refractivity contribution in [3.63, 3.8) is 0 Å². The van der Waals surface area contributed by atoms with Crippen LogP contribution in [-0.4, -0.2) is 30.3 Å². The van der Waals surface area contributed by atoms with Gasteiger partial charge in [-0.25, -0.2) is 0 Å². The number of nitrogens with one attached hydrogen (secondary N) is 1. The van der Waals surface area contributed by atoms with E-state index in [9.17, 15) is 4.79 Å². The summed E-state index contributed by atoms with van der Waals surface area (Å²) in [6.45, 7) is 2.61. The van der Waals surface area contributed by atoms with Crippen molar-refractivity contribution in [2.45, 2.75) is 32.2 Å². The molecule has 2 rings (SSSR count). The largest absolute Gasteiger partial charge is 0.494 e. The Morgan fingerprint density at radius 1 is 1.53 bits per heavy atom. The molecule has 1 aliphatic rings. The molecule has 1 saturated carbocycles. The zero-order chi connectivity index (χ0) is 13.7. The Morgan fingerprint density at radius 3 is 2.95 bits per heavy atom. The highest BCUT2D eigenvalue weighted by Crippen LogP contribution is 2.34. The average Bonchev–Trinajstić information content (AvgIpc) is 3.23. The van der Waals surface area contributed by atoms with Gasteiger partial charge in [0.1, 0.15) is 5.75 Å². The van der Waals surface area contributed by atoms with Crippen LogP contribution in [0.2, 0.25) is 0 Å². The molecule has 1 aromatic carbocycles. The second-order valence-corrected chi connectivity index (χ2v) is 4.89. The maximum absolute atomic E-state index is 12.2. The smallest absolute Gasteiger partial charge is 0.251 e. The van der Waals surface area contributed by atoms with Crippen molar-refractivity contribution in [3.8, 4) is 5.75 Å². The number of carbonyl (C=O) groups excluding carboxylic acids is 1. The summed E-state index contributed by atoms with van der Waals surface area (Å²) in [7, 11) is 0. The molecule has 0 aromatic heterocycles. The van der Waals surface area contributed by atoms with Crippen LogP contribution >= 0.6 is 0 Å². The molecule has 0 bridgehead atoms. The molecule has 0 saturated heterocycles. The van der Waals surface area contributed by atoms with Crippen molar-refractivity contribution in [1.29, 1.82) is 0 Å². The molecule has 0 radical (unpaired) electrons. The fourth-order valence-electron chi connectivity index (χ4n) is 2.21. The van der Waals surface area contributed by atoms with E-state index in [-0.39, 0.29) is 18.6 Å². The van der Waals surface area contributed by atoms with Gasteiger partial charge in [-0.1, -0.05) is 6.07 Å². The van der Waals surface area contributed by atoms with Gasteiger partial charge >= 0.3 is 0 Å². The second kappa shape index (κ2) is 6.57. The van der Waals surface area contributed by atoms with Crippen molar-refractivity contribution < 1.29 is 14.6 Å². The number of ether oxygens (including phenoxy) is 1. The summed E-state index contributed by atoms with van der Waals surface area (Å²) in [5.41, 5.74) is 0.606. The summed E-state index contributed by atoms with van der Waals surface area (Å²) in [4.78, 5) is 12.2. The van der Waals surface area contributed by atoms with Crippen LogP contribution in [0.1, 0.15) is 36.5 Å². The van der Waals surface area contributed by atoms with Crippen LogP contribution in [0.5, 0.6) is 5.75 Å². The standard InChI is InChI=1S/C15H21NO3/c1-2-19-13-5-3-4-12(10-13)15(18)16-14(8-9-17)11-6-7-11/h3-5,10-11,14,17H,2,6-9H2,1H3,(H,16,18). The van der Waals surface area contributed by atoms with Crippen LogP contribution in [-0.2, 0) is 0 Å². The van der Waals surface area contributed by atoms with Crippen molar-refractivity contribution in [2.75, 3.05) is 13.2 Å². The Labute approximate surface area is 113 Å². The number of rotatable bonds is 7. The SMILES string of the molecule is CCOc1cccc(C(=O)NC(CCO)C2CC2)c1. The highest BCUT2D eigenvalue weighted by Gasteiger charge is 2.31. The van der Waals surface area contributed by atoms with Crippen LogP contribution in [0.15, 0.2) is 24.3 Å². The van der Waals surface area contributed by atoms with E-state index in [4.69, 9.17) is 9.84 Å². The number of hydrogen-bond acceptors (Lipinski definition) is 3. The molecule has 1 amide bonds. The van der Waals surface area contributed by atoms with Gasteiger partial charge in [0.15, 0.2) is 0 Å². The van der Waals surface area contributed by atoms with E-state index in [1.165, 1.54) is 0 Å². The van der Waals surface area contributed by atoms with Gasteiger partial charge in [0.2, 0.25) is 0 Å². The Kier molecular flexibility index (Phi) is 4.80. The Balaban J connectivity index is 1.99. The van der Waals surface area contributed by atoms with E-state index in [1.54, 1.807) is 12.1 Å². The van der Waals surface area contributed by atoms with Crippen LogP contribution < -0.4 is 10.1 Å². The van der Waals surface area contributed by atoms with E-state index in [2.05, 4.69) is 5.32 Å². The van der Waals surface area contributed by atoms with E-state index >= 15 is 0 Å². The second-order valence-electron chi connectivity index (χ2n) is 4.89. The van der Waals surface area contributed by atoms with E-state index < -0.39 is 0 Å². The van der Waals surface area contributed by atoms with Crippen LogP contribution in [0, 0.1) is 5.92 Å². The first-order chi connectivity index (χ1) is 9.24. The molecule has 1 unspecified atom stereocenters. The zero-order valence-corrected chi connectivity index (χ0v) is 11.3. The monoisotopic (exact) mass is 263 g/mol. The molecule has 4 heteroatoms. The predicted molar refractivity (Wildman–Crippen MR) is 73.3 cm³/mol. The maximum Gasteiger partial charge on any atom is 0.251 e. The van der Waals surface area contributed by atoms with Crippen molar-refractivity contribution >= 4 is 5.91 Å². The van der Waals surface area contributed by atoms with Gasteiger partial charge < -0.3 is 15.2 Å². The third kappa shape index (κ3) is 3.96. The summed E-state index contributed by atoms with van der Waals surface area (Å²) in [5, 5.41) is 12.1. The number of hydrogen-bond donors (Lipinski definition) is 2. The Hall–Kier alpha value is -1.55. The van der Waals surface area contributed by atoms with Gasteiger partial charge in [-0.15, -0.1) is 0 Å². The topological polar surface area (TPSA) is 58.6 Å². The lowest BCUT2D eigenvalue weighted by molar-refractivity contribution is 0.0924. The van der Waals surface area contributed by atoms with Gasteiger partial charge in [-0.3, -0.25) is 4.79 Å². The normalized spacial score (nSPS) is 15.9. The molecule has 0 heterocycles. The first kappa shape index (κ1) is 13.9. The number of carbonyl (C=O) groups is 1. The van der Waals surface area contributed by atoms with E-state index in [1.807, 2.05) is 19.1 Å². The number of benzene rings is 1. The van der Waals surface area contributed by atoms with Crippen LogP contribution in [0.25, 0.3) is 0 Å². The van der Waals surface area contributed by atoms with Gasteiger partial charge in [0.25, 0.3) is 5.91 Å². The van der Waals surface area contributed by atoms with E-state index in [0.29, 0.717) is 30.3 Å². The van der Waals surface area contributed by atoms with Crippen molar-refractivity contribution in [2.24, 2.45) is 5.92 Å². The number of aliphatic hydroxyl groups excluding tert-OH is 1. The molecule has 1 aromatic rings. The summed E-state index contributed by atoms with van der Waals surface area (Å²) < 4.78 is 5.39. The van der Waals surface area contributed by atoms with Crippen molar-refractivity contribution in [3.05, 3.63) is 29.8 Å². The van der Waals surface area contributed by atoms with Gasteiger partial charge in [-0.2, -0.15) is 0 Å². The minimum atomic E-state index is -0.0908. The molecule has 1 atom stereocenters. The fourth-order valence-corrected chi connectivity index (χ4v) is 2.21. The number of amides is 1. The van der Waals surface area contributed by atoms with Gasteiger partial charge in [-0.05, 0) is 50.3 Å². The molecule has 1 fully saturated rings. The molecular formula is C15H21NO3. The molecular weight excluding hydrogens is 242 g/mol. The molecule has 2 N–H and O–H groups in total. The third-order valence-corrected chi connectivity index (χ3v) is 3.35. The minimum Gasteiger partial charge on any atom is -0.494 e. The van der Waals surface area contributed by atoms with Crippen LogP contribution in [0.4, 0.5) is 0 Å². The lowest BCUT2D eigenvalue weighted by Gasteiger charge is -2.17. The third-order valence-electron chi connectivity index (χ3n) is 3.35. The van der Waals surface area contributed by atoms with Gasteiger partial charge in [0, 0.05) is 18.2 Å². The Morgan fingerprint density at radius 2 is 2.32 bits per heavy atom. The summed E-state index contributed by atoms with van der Waals surface area (Å²) in [6.07, 6.45) is 2.91. The summed E-state index contributed by atoms with van der Waals surface area (Å²) >= 11 is 0. The van der Waals surface area contributed by atoms with E-state index in [0.717, 1.165) is 12.8 Å². The molecule has 0 aliphatic heterocycles. The molecule has 104 valence electrons. The Bertz CT molecular complexity index is 429. The molecule has 19 heavy (non-hydrogen) atoms. The summed E-state index contributed by atoms with van der Waals surface area (Å²) in [6, 6.07) is 7.28. The lowest BCUT2D eigenvalue weighted by Crippen LogP contribution is -2.37. The quantitative estimate of drug-likeness (QED) is 0.791. The molecule has 1 aliphatic carbocycles. The first-order valence-electron chi connectivity index (χ1n) is 6.89. The van der Waals surface area contributed by atoms with Gasteiger partial charge in [0.05, 0.1) is 6.61 Å². The highest BCUT2D eigenvalue weighted by atomic mass is 16.5. The predicted octanol–water partition coefficient (Wildman–Crippen LogP) is 1.98. The molecule has 0 spiro atoms. The minimum absolute atomic E-state index is 0.0908. The first-order valence-corrected chi connectivity index (χ1v) is 6.89. The zero-order valence-electron chi connectivity index (χ0n) is 11.3. The van der Waals surface area contributed by atoms with Crippen molar-refractivity contribution in [1.82, 2.24) is 5.32 Å². The summed E-state index contributed by atoms with van der Waals surface area (Å²) in [5.74, 6) is 1.15. The maximum atomic E-state index is 12.2.